The molecule has 0 amide bonds. The van der Waals surface area contributed by atoms with Crippen LogP contribution in [-0.4, -0.2) is 16.1 Å². The van der Waals surface area contributed by atoms with Gasteiger partial charge in [-0.2, -0.15) is 0 Å². The summed E-state index contributed by atoms with van der Waals surface area (Å²) in [6.45, 7) is 5.22. The summed E-state index contributed by atoms with van der Waals surface area (Å²) >= 11 is 0. The lowest BCUT2D eigenvalue weighted by Gasteiger charge is -2.36. The highest BCUT2D eigenvalue weighted by Gasteiger charge is 2.38. The van der Waals surface area contributed by atoms with Crippen LogP contribution in [0.5, 0.6) is 0 Å². The Labute approximate surface area is 84.4 Å². The molecule has 0 aliphatic heterocycles. The van der Waals surface area contributed by atoms with Gasteiger partial charge in [0.25, 0.3) is 0 Å². The minimum atomic E-state index is -1.94. The molecule has 0 aliphatic rings. The van der Waals surface area contributed by atoms with Crippen LogP contribution in [0.3, 0.4) is 0 Å². The third kappa shape index (κ3) is 2.47. The highest BCUT2D eigenvalue weighted by atomic mass is 16.5. The SMILES string of the molecule is CC(C)(C)C(O)(O)Nc1[c]cccc1. The van der Waals surface area contributed by atoms with E-state index in [2.05, 4.69) is 11.4 Å². The van der Waals surface area contributed by atoms with E-state index in [-0.39, 0.29) is 0 Å². The number of benzene rings is 1. The molecule has 0 spiro atoms. The molecule has 0 saturated carbocycles. The van der Waals surface area contributed by atoms with Crippen LogP contribution in [0.15, 0.2) is 24.3 Å². The number of rotatable bonds is 2. The first-order valence-electron chi connectivity index (χ1n) is 4.52. The van der Waals surface area contributed by atoms with Crippen LogP contribution < -0.4 is 5.32 Å². The van der Waals surface area contributed by atoms with Crippen LogP contribution in [0.25, 0.3) is 0 Å². The highest BCUT2D eigenvalue weighted by Crippen LogP contribution is 2.28. The fraction of sp³-hybridized carbons (Fsp3) is 0.455. The molecule has 3 nitrogen and oxygen atoms in total. The van der Waals surface area contributed by atoms with Crippen molar-refractivity contribution in [3.8, 4) is 0 Å². The van der Waals surface area contributed by atoms with Gasteiger partial charge in [0, 0.05) is 17.2 Å². The van der Waals surface area contributed by atoms with Gasteiger partial charge in [0.15, 0.2) is 0 Å². The number of aliphatic hydroxyl groups is 2. The monoisotopic (exact) mass is 194 g/mol. The number of nitrogens with one attached hydrogen (secondary N) is 1. The van der Waals surface area contributed by atoms with Crippen molar-refractivity contribution in [1.29, 1.82) is 0 Å². The molecule has 1 radical (unpaired) electrons. The number of para-hydroxylation sites is 1. The second-order valence-electron chi connectivity index (χ2n) is 4.32. The Morgan fingerprint density at radius 2 is 1.86 bits per heavy atom. The van der Waals surface area contributed by atoms with Gasteiger partial charge < -0.3 is 15.5 Å². The summed E-state index contributed by atoms with van der Waals surface area (Å²) < 4.78 is 0. The fourth-order valence-corrected chi connectivity index (χ4v) is 0.846. The lowest BCUT2D eigenvalue weighted by molar-refractivity contribution is -0.204. The Hall–Kier alpha value is -1.06. The van der Waals surface area contributed by atoms with E-state index in [1.54, 1.807) is 39.0 Å². The molecule has 77 valence electrons. The number of hydrogen-bond acceptors (Lipinski definition) is 3. The van der Waals surface area contributed by atoms with Gasteiger partial charge in [-0.3, -0.25) is 0 Å². The van der Waals surface area contributed by atoms with Crippen molar-refractivity contribution in [1.82, 2.24) is 0 Å². The predicted molar refractivity (Wildman–Crippen MR) is 55.5 cm³/mol. The molecule has 0 saturated heterocycles. The van der Waals surface area contributed by atoms with E-state index < -0.39 is 11.3 Å². The van der Waals surface area contributed by atoms with Crippen molar-refractivity contribution in [3.63, 3.8) is 0 Å². The predicted octanol–water partition coefficient (Wildman–Crippen LogP) is 1.58. The molecule has 3 N–H and O–H groups in total. The average molecular weight is 194 g/mol. The van der Waals surface area contributed by atoms with E-state index >= 15 is 0 Å². The minimum Gasteiger partial charge on any atom is -0.349 e. The van der Waals surface area contributed by atoms with Crippen LogP contribution in [0, 0.1) is 11.5 Å². The summed E-state index contributed by atoms with van der Waals surface area (Å²) in [6.07, 6.45) is 0. The van der Waals surface area contributed by atoms with Gasteiger partial charge in [-0.1, -0.05) is 39.0 Å². The molecule has 0 unspecified atom stereocenters. The molecular formula is C11H16NO2. The maximum atomic E-state index is 9.73. The van der Waals surface area contributed by atoms with E-state index in [1.165, 1.54) is 0 Å². The van der Waals surface area contributed by atoms with Gasteiger partial charge in [0.1, 0.15) is 0 Å². The Morgan fingerprint density at radius 1 is 1.21 bits per heavy atom. The average Bonchev–Trinajstić information content (AvgIpc) is 2.03. The quantitative estimate of drug-likeness (QED) is 0.626. The standard InChI is InChI=1S/C11H16NO2/c1-10(2,3)11(13,14)12-9-7-5-4-6-8-9/h4-7,12-14H,1-3H3. The molecular weight excluding hydrogens is 178 g/mol. The molecule has 0 heterocycles. The highest BCUT2D eigenvalue weighted by molar-refractivity contribution is 5.42. The van der Waals surface area contributed by atoms with Crippen LogP contribution in [-0.2, 0) is 0 Å². The first kappa shape index (κ1) is 11.0. The molecule has 0 fully saturated rings. The molecule has 0 aliphatic carbocycles. The second-order valence-corrected chi connectivity index (χ2v) is 4.32. The van der Waals surface area contributed by atoms with Crippen LogP contribution >= 0.6 is 0 Å². The van der Waals surface area contributed by atoms with Gasteiger partial charge >= 0.3 is 0 Å². The van der Waals surface area contributed by atoms with E-state index in [1.807, 2.05) is 6.07 Å². The number of anilines is 1. The topological polar surface area (TPSA) is 52.5 Å². The molecule has 1 aromatic rings. The van der Waals surface area contributed by atoms with Crippen molar-refractivity contribution in [2.24, 2.45) is 5.41 Å². The lowest BCUT2D eigenvalue weighted by Crippen LogP contribution is -2.49. The van der Waals surface area contributed by atoms with Gasteiger partial charge in [-0.25, -0.2) is 0 Å². The lowest BCUT2D eigenvalue weighted by atomic mass is 9.91. The van der Waals surface area contributed by atoms with Crippen LogP contribution in [0.4, 0.5) is 5.69 Å². The van der Waals surface area contributed by atoms with Gasteiger partial charge in [0.05, 0.1) is 0 Å². The van der Waals surface area contributed by atoms with Gasteiger partial charge in [0.2, 0.25) is 5.91 Å². The molecule has 0 atom stereocenters. The van der Waals surface area contributed by atoms with Crippen LogP contribution in [0.1, 0.15) is 20.8 Å². The molecule has 3 heteroatoms. The molecule has 0 bridgehead atoms. The first-order valence-corrected chi connectivity index (χ1v) is 4.52. The van der Waals surface area contributed by atoms with Gasteiger partial charge in [-0.05, 0) is 6.07 Å². The van der Waals surface area contributed by atoms with E-state index in [9.17, 15) is 10.2 Å². The van der Waals surface area contributed by atoms with Crippen LogP contribution in [0.2, 0.25) is 0 Å². The Balaban J connectivity index is 2.79. The maximum absolute atomic E-state index is 9.73. The van der Waals surface area contributed by atoms with Crippen molar-refractivity contribution >= 4 is 5.69 Å². The van der Waals surface area contributed by atoms with Crippen molar-refractivity contribution in [2.45, 2.75) is 26.7 Å². The fourth-order valence-electron chi connectivity index (χ4n) is 0.846. The largest absolute Gasteiger partial charge is 0.349 e. The first-order chi connectivity index (χ1) is 6.33. The zero-order valence-electron chi connectivity index (χ0n) is 8.70. The molecule has 0 aromatic heterocycles. The smallest absolute Gasteiger partial charge is 0.249 e. The van der Waals surface area contributed by atoms with E-state index in [4.69, 9.17) is 0 Å². The summed E-state index contributed by atoms with van der Waals surface area (Å²) in [5, 5.41) is 22.1. The summed E-state index contributed by atoms with van der Waals surface area (Å²) in [5.41, 5.74) is -0.108. The Bertz CT molecular complexity index is 288. The summed E-state index contributed by atoms with van der Waals surface area (Å²) in [4.78, 5) is 0. The third-order valence-electron chi connectivity index (χ3n) is 2.06. The Kier molecular flexibility index (Phi) is 2.83. The van der Waals surface area contributed by atoms with Crippen molar-refractivity contribution < 1.29 is 10.2 Å². The molecule has 14 heavy (non-hydrogen) atoms. The molecule has 1 aromatic carbocycles. The normalized spacial score (nSPS) is 12.6. The second kappa shape index (κ2) is 3.59. The Morgan fingerprint density at radius 3 is 2.29 bits per heavy atom. The van der Waals surface area contributed by atoms with Crippen molar-refractivity contribution in [3.05, 3.63) is 30.3 Å². The number of hydrogen-bond donors (Lipinski definition) is 3. The van der Waals surface area contributed by atoms with E-state index in [0.29, 0.717) is 5.69 Å². The van der Waals surface area contributed by atoms with Crippen molar-refractivity contribution in [2.75, 3.05) is 5.32 Å². The molecule has 1 rings (SSSR count). The summed E-state index contributed by atoms with van der Waals surface area (Å²) in [6, 6.07) is 9.93. The zero-order valence-corrected chi connectivity index (χ0v) is 8.70. The summed E-state index contributed by atoms with van der Waals surface area (Å²) in [5.74, 6) is -1.94. The van der Waals surface area contributed by atoms with Gasteiger partial charge in [-0.15, -0.1) is 0 Å². The zero-order chi connectivity index (χ0) is 10.8. The maximum Gasteiger partial charge on any atom is 0.249 e. The summed E-state index contributed by atoms with van der Waals surface area (Å²) in [7, 11) is 0. The minimum absolute atomic E-state index is 0.562. The third-order valence-corrected chi connectivity index (χ3v) is 2.06. The van der Waals surface area contributed by atoms with E-state index in [0.717, 1.165) is 0 Å².